The summed E-state index contributed by atoms with van der Waals surface area (Å²) in [5.74, 6) is 0. The average molecular weight is 100 g/mol. The topological polar surface area (TPSA) is 26.3 Å². The molecule has 0 rings (SSSR count). The normalized spacial score (nSPS) is 9.29. The molecule has 0 saturated heterocycles. The minimum absolute atomic E-state index is 0.157. The summed E-state index contributed by atoms with van der Waals surface area (Å²) in [6, 6.07) is 0. The van der Waals surface area contributed by atoms with Gasteiger partial charge in [-0.2, -0.15) is 0 Å². The fraction of sp³-hybridized carbons (Fsp3) is 0.400. The maximum atomic E-state index is 9.52. The molecule has 0 spiro atoms. The van der Waals surface area contributed by atoms with Crippen molar-refractivity contribution in [3.05, 3.63) is 12.3 Å². The molecule has 0 aliphatic rings. The highest BCUT2D eigenvalue weighted by molar-refractivity contribution is 5.50. The molecule has 7 heavy (non-hydrogen) atoms. The Bertz CT molecular complexity index is 66.5. The molecule has 2 heteroatoms. The zero-order valence-electron chi connectivity index (χ0n) is 4.26. The van der Waals surface area contributed by atoms with Crippen molar-refractivity contribution < 1.29 is 9.53 Å². The van der Waals surface area contributed by atoms with E-state index in [0.29, 0.717) is 6.29 Å². The van der Waals surface area contributed by atoms with Gasteiger partial charge in [0.25, 0.3) is 0 Å². The van der Waals surface area contributed by atoms with Gasteiger partial charge >= 0.3 is 0 Å². The minimum atomic E-state index is 0.157. The van der Waals surface area contributed by atoms with Crippen LogP contribution in [0.4, 0.5) is 0 Å². The summed E-state index contributed by atoms with van der Waals surface area (Å²) in [7, 11) is 0. The monoisotopic (exact) mass is 100 g/mol. The second-order valence-electron chi connectivity index (χ2n) is 0.969. The van der Waals surface area contributed by atoms with Crippen LogP contribution in [0.5, 0.6) is 0 Å². The van der Waals surface area contributed by atoms with Crippen molar-refractivity contribution in [1.29, 1.82) is 0 Å². The van der Waals surface area contributed by atoms with E-state index in [1.54, 1.807) is 6.08 Å². The largest absolute Gasteiger partial charge is 0.494 e. The molecule has 0 fully saturated rings. The van der Waals surface area contributed by atoms with Crippen LogP contribution >= 0.6 is 0 Å². The second kappa shape index (κ2) is 5.21. The maximum absolute atomic E-state index is 9.52. The first-order chi connectivity index (χ1) is 3.41. The molecule has 2 nitrogen and oxygen atoms in total. The van der Waals surface area contributed by atoms with Crippen molar-refractivity contribution in [2.24, 2.45) is 0 Å². The summed E-state index contributed by atoms with van der Waals surface area (Å²) in [4.78, 5) is 9.52. The molecule has 0 aromatic rings. The molecule has 0 unspecified atom stereocenters. The predicted octanol–water partition coefficient (Wildman–Crippen LogP) is 0.736. The molecule has 0 aliphatic carbocycles. The van der Waals surface area contributed by atoms with Gasteiger partial charge in [-0.05, 0) is 6.92 Å². The van der Waals surface area contributed by atoms with E-state index in [0.717, 1.165) is 0 Å². The molecule has 0 aromatic carbocycles. The van der Waals surface area contributed by atoms with Gasteiger partial charge in [-0.25, -0.2) is 0 Å². The lowest BCUT2D eigenvalue weighted by Gasteiger charge is -1.86. The van der Waals surface area contributed by atoms with Crippen LogP contribution in [0.2, 0.25) is 0 Å². The highest BCUT2D eigenvalue weighted by Gasteiger charge is 1.69. The van der Waals surface area contributed by atoms with Gasteiger partial charge < -0.3 is 4.74 Å². The van der Waals surface area contributed by atoms with Gasteiger partial charge in [0.2, 0.25) is 0 Å². The van der Waals surface area contributed by atoms with E-state index in [1.807, 2.05) is 6.92 Å². The van der Waals surface area contributed by atoms with Crippen molar-refractivity contribution in [2.45, 2.75) is 6.92 Å². The average Bonchev–Trinajstić information content (AvgIpc) is 1.69. The Balaban J connectivity index is 2.82. The molecule has 0 heterocycles. The molecule has 0 aromatic heterocycles. The number of rotatable bonds is 3. The van der Waals surface area contributed by atoms with Gasteiger partial charge in [0.1, 0.15) is 6.61 Å². The minimum Gasteiger partial charge on any atom is -0.494 e. The molecule has 0 N–H and O–H groups in total. The quantitative estimate of drug-likeness (QED) is 0.297. The predicted molar refractivity (Wildman–Crippen MR) is 26.8 cm³/mol. The van der Waals surface area contributed by atoms with E-state index in [2.05, 4.69) is 4.74 Å². The zero-order chi connectivity index (χ0) is 5.54. The van der Waals surface area contributed by atoms with Gasteiger partial charge in [-0.3, -0.25) is 4.79 Å². The number of aldehydes is 1. The lowest BCUT2D eigenvalue weighted by molar-refractivity contribution is -0.110. The van der Waals surface area contributed by atoms with E-state index >= 15 is 0 Å². The SMILES string of the molecule is C/C=C/OCC=O. The van der Waals surface area contributed by atoms with Crippen LogP contribution in [0.3, 0.4) is 0 Å². The Hall–Kier alpha value is -0.790. The maximum Gasteiger partial charge on any atom is 0.157 e. The number of carbonyl (C=O) groups excluding carboxylic acids is 1. The van der Waals surface area contributed by atoms with Crippen LogP contribution in [0, 0.1) is 0 Å². The Morgan fingerprint density at radius 1 is 1.71 bits per heavy atom. The Labute approximate surface area is 42.8 Å². The summed E-state index contributed by atoms with van der Waals surface area (Å²) in [5, 5.41) is 0. The Morgan fingerprint density at radius 3 is 2.86 bits per heavy atom. The first kappa shape index (κ1) is 6.21. The smallest absolute Gasteiger partial charge is 0.157 e. The second-order valence-corrected chi connectivity index (χ2v) is 0.969. The summed E-state index contributed by atoms with van der Waals surface area (Å²) in [6.07, 6.45) is 3.91. The van der Waals surface area contributed by atoms with Crippen LogP contribution in [-0.4, -0.2) is 12.9 Å². The molecule has 0 radical (unpaired) electrons. The number of ether oxygens (including phenoxy) is 1. The van der Waals surface area contributed by atoms with Crippen molar-refractivity contribution in [1.82, 2.24) is 0 Å². The molecular weight excluding hydrogens is 92.1 g/mol. The van der Waals surface area contributed by atoms with E-state index in [-0.39, 0.29) is 6.61 Å². The highest BCUT2D eigenvalue weighted by Crippen LogP contribution is 1.70. The van der Waals surface area contributed by atoms with Gasteiger partial charge in [0.15, 0.2) is 6.29 Å². The van der Waals surface area contributed by atoms with Gasteiger partial charge in [-0.1, -0.05) is 6.08 Å². The Morgan fingerprint density at radius 2 is 2.43 bits per heavy atom. The molecule has 0 aliphatic heterocycles. The molecular formula is C5H8O2. The van der Waals surface area contributed by atoms with E-state index in [4.69, 9.17) is 0 Å². The van der Waals surface area contributed by atoms with E-state index in [9.17, 15) is 4.79 Å². The third kappa shape index (κ3) is 5.21. The molecule has 0 amide bonds. The molecule has 0 saturated carbocycles. The number of carbonyl (C=O) groups is 1. The fourth-order valence-electron chi connectivity index (χ4n) is 0.191. The van der Waals surface area contributed by atoms with Crippen LogP contribution in [0.1, 0.15) is 6.92 Å². The summed E-state index contributed by atoms with van der Waals surface area (Å²) >= 11 is 0. The summed E-state index contributed by atoms with van der Waals surface area (Å²) in [6.45, 7) is 1.98. The third-order valence-electron chi connectivity index (χ3n) is 0.397. The summed E-state index contributed by atoms with van der Waals surface area (Å²) < 4.78 is 4.58. The van der Waals surface area contributed by atoms with Gasteiger partial charge in [0, 0.05) is 0 Å². The highest BCUT2D eigenvalue weighted by atomic mass is 16.5. The first-order valence-electron chi connectivity index (χ1n) is 2.08. The van der Waals surface area contributed by atoms with Crippen LogP contribution in [-0.2, 0) is 9.53 Å². The van der Waals surface area contributed by atoms with Crippen LogP contribution in [0.25, 0.3) is 0 Å². The van der Waals surface area contributed by atoms with Crippen LogP contribution < -0.4 is 0 Å². The zero-order valence-corrected chi connectivity index (χ0v) is 4.26. The first-order valence-corrected chi connectivity index (χ1v) is 2.08. The van der Waals surface area contributed by atoms with Crippen molar-refractivity contribution >= 4 is 6.29 Å². The van der Waals surface area contributed by atoms with E-state index < -0.39 is 0 Å². The van der Waals surface area contributed by atoms with Gasteiger partial charge in [-0.15, -0.1) is 0 Å². The van der Waals surface area contributed by atoms with Crippen LogP contribution in [0.15, 0.2) is 12.3 Å². The molecule has 0 atom stereocenters. The van der Waals surface area contributed by atoms with Gasteiger partial charge in [0.05, 0.1) is 6.26 Å². The fourth-order valence-corrected chi connectivity index (χ4v) is 0.191. The molecule has 40 valence electrons. The van der Waals surface area contributed by atoms with Crippen molar-refractivity contribution in [2.75, 3.05) is 6.61 Å². The summed E-state index contributed by atoms with van der Waals surface area (Å²) in [5.41, 5.74) is 0. The van der Waals surface area contributed by atoms with Crippen molar-refractivity contribution in [3.63, 3.8) is 0 Å². The number of hydrogen-bond acceptors (Lipinski definition) is 2. The lowest BCUT2D eigenvalue weighted by Crippen LogP contribution is -1.84. The standard InChI is InChI=1S/C5H8O2/c1-2-4-7-5-3-6/h2-4H,5H2,1H3/b4-2+. The lowest BCUT2D eigenvalue weighted by atomic mass is 10.7. The van der Waals surface area contributed by atoms with Crippen molar-refractivity contribution in [3.8, 4) is 0 Å². The molecule has 0 bridgehead atoms. The van der Waals surface area contributed by atoms with E-state index in [1.165, 1.54) is 6.26 Å². The third-order valence-corrected chi connectivity index (χ3v) is 0.397. The number of hydrogen-bond donors (Lipinski definition) is 0. The number of allylic oxidation sites excluding steroid dienone is 1. The Kier molecular flexibility index (Phi) is 4.62.